The van der Waals surface area contributed by atoms with Crippen molar-refractivity contribution in [3.63, 3.8) is 0 Å². The maximum absolute atomic E-state index is 5.83. The third kappa shape index (κ3) is 2.98. The molecule has 26 heavy (non-hydrogen) atoms. The summed E-state index contributed by atoms with van der Waals surface area (Å²) in [6.45, 7) is 4.67. The van der Waals surface area contributed by atoms with Gasteiger partial charge in [-0.05, 0) is 25.0 Å². The van der Waals surface area contributed by atoms with E-state index in [0.29, 0.717) is 0 Å². The molecule has 0 aromatic carbocycles. The molecular weight excluding hydrogens is 348 g/mol. The van der Waals surface area contributed by atoms with Gasteiger partial charge in [-0.25, -0.2) is 4.98 Å². The van der Waals surface area contributed by atoms with Crippen LogP contribution in [0.4, 0.5) is 0 Å². The zero-order chi connectivity index (χ0) is 17.3. The lowest BCUT2D eigenvalue weighted by Crippen LogP contribution is -2.27. The van der Waals surface area contributed by atoms with Crippen molar-refractivity contribution >= 4 is 11.3 Å². The molecule has 3 aromatic heterocycles. The van der Waals surface area contributed by atoms with E-state index in [9.17, 15) is 0 Å². The Bertz CT molecular complexity index is 864. The van der Waals surface area contributed by atoms with Gasteiger partial charge >= 0.3 is 0 Å². The molecule has 1 atom stereocenters. The molecule has 5 rings (SSSR count). The highest BCUT2D eigenvalue weighted by Gasteiger charge is 2.27. The fraction of sp³-hybridized carbons (Fsp3) is 0.500. The number of aromatic nitrogens is 5. The minimum absolute atomic E-state index is 0.130. The van der Waals surface area contributed by atoms with E-state index in [1.54, 1.807) is 11.3 Å². The summed E-state index contributed by atoms with van der Waals surface area (Å²) in [5.41, 5.74) is 1.27. The lowest BCUT2D eigenvalue weighted by molar-refractivity contribution is 0.101. The van der Waals surface area contributed by atoms with Crippen molar-refractivity contribution < 1.29 is 4.74 Å². The molecule has 8 heteroatoms. The van der Waals surface area contributed by atoms with Crippen LogP contribution in [0.3, 0.4) is 0 Å². The third-order valence-electron chi connectivity index (χ3n) is 5.21. The summed E-state index contributed by atoms with van der Waals surface area (Å²) in [4.78, 5) is 6.93. The average Bonchev–Trinajstić information content (AvgIpc) is 3.43. The van der Waals surface area contributed by atoms with Crippen molar-refractivity contribution in [1.29, 1.82) is 0 Å². The van der Waals surface area contributed by atoms with Crippen LogP contribution in [0.25, 0.3) is 5.13 Å². The second kappa shape index (κ2) is 6.94. The van der Waals surface area contributed by atoms with Gasteiger partial charge in [-0.2, -0.15) is 0 Å². The highest BCUT2D eigenvalue weighted by Crippen LogP contribution is 2.28. The largest absolute Gasteiger partial charge is 0.370 e. The van der Waals surface area contributed by atoms with Crippen molar-refractivity contribution in [2.75, 3.05) is 19.7 Å². The highest BCUT2D eigenvalue weighted by molar-refractivity contribution is 7.12. The van der Waals surface area contributed by atoms with Crippen molar-refractivity contribution in [3.8, 4) is 5.13 Å². The van der Waals surface area contributed by atoms with Crippen molar-refractivity contribution in [1.82, 2.24) is 29.2 Å². The van der Waals surface area contributed by atoms with Gasteiger partial charge in [0.15, 0.2) is 11.0 Å². The Morgan fingerprint density at radius 2 is 2.23 bits per heavy atom. The normalized spacial score (nSPS) is 21.0. The van der Waals surface area contributed by atoms with Gasteiger partial charge in [-0.1, -0.05) is 0 Å². The zero-order valence-corrected chi connectivity index (χ0v) is 15.4. The Kier molecular flexibility index (Phi) is 4.32. The minimum atomic E-state index is 0.130. The molecule has 1 fully saturated rings. The molecule has 1 unspecified atom stereocenters. The van der Waals surface area contributed by atoms with Crippen LogP contribution in [0.15, 0.2) is 29.9 Å². The number of rotatable bonds is 4. The summed E-state index contributed by atoms with van der Waals surface area (Å²) >= 11 is 1.67. The second-order valence-corrected chi connectivity index (χ2v) is 7.71. The van der Waals surface area contributed by atoms with E-state index in [0.717, 1.165) is 68.8 Å². The zero-order valence-electron chi connectivity index (χ0n) is 14.6. The molecule has 2 aliphatic heterocycles. The van der Waals surface area contributed by atoms with Gasteiger partial charge in [0.1, 0.15) is 11.9 Å². The molecule has 0 aliphatic carbocycles. The lowest BCUT2D eigenvalue weighted by atomic mass is 10.2. The first kappa shape index (κ1) is 16.2. The van der Waals surface area contributed by atoms with Gasteiger partial charge in [0.05, 0.1) is 0 Å². The quantitative estimate of drug-likeness (QED) is 0.706. The maximum atomic E-state index is 5.83. The van der Waals surface area contributed by atoms with E-state index < -0.39 is 0 Å². The van der Waals surface area contributed by atoms with Crippen LogP contribution in [0.2, 0.25) is 0 Å². The molecule has 0 N–H and O–H groups in total. The molecular formula is C18H22N6OS. The van der Waals surface area contributed by atoms with E-state index >= 15 is 0 Å². The predicted molar refractivity (Wildman–Crippen MR) is 98.4 cm³/mol. The minimum Gasteiger partial charge on any atom is -0.370 e. The van der Waals surface area contributed by atoms with Crippen LogP contribution in [0.1, 0.15) is 36.3 Å². The molecule has 3 aromatic rings. The standard InChI is InChI=1S/C18H22N6OS/c1-3-14(23(7-1)18-19-6-12-26-18)13-22-8-5-16-20-21-17(24(16)10-9-22)15-4-2-11-25-15/h1,3,6-7,12,15H,2,4-5,8-11,13H2. The monoisotopic (exact) mass is 370 g/mol. The van der Waals surface area contributed by atoms with Crippen LogP contribution in [0.5, 0.6) is 0 Å². The van der Waals surface area contributed by atoms with E-state index in [4.69, 9.17) is 4.74 Å². The lowest BCUT2D eigenvalue weighted by Gasteiger charge is -2.20. The van der Waals surface area contributed by atoms with E-state index in [2.05, 4.69) is 47.5 Å². The topological polar surface area (TPSA) is 61.0 Å². The smallest absolute Gasteiger partial charge is 0.193 e. The Morgan fingerprint density at radius 1 is 1.23 bits per heavy atom. The summed E-state index contributed by atoms with van der Waals surface area (Å²) in [5, 5.41) is 11.9. The van der Waals surface area contributed by atoms with Crippen molar-refractivity contribution in [3.05, 3.63) is 47.2 Å². The van der Waals surface area contributed by atoms with Crippen LogP contribution in [-0.2, 0) is 24.2 Å². The predicted octanol–water partition coefficient (Wildman–Crippen LogP) is 2.44. The van der Waals surface area contributed by atoms with Crippen LogP contribution in [-0.4, -0.2) is 48.9 Å². The molecule has 1 saturated heterocycles. The maximum Gasteiger partial charge on any atom is 0.193 e. The Balaban J connectivity index is 1.31. The molecule has 0 radical (unpaired) electrons. The number of hydrogen-bond donors (Lipinski definition) is 0. The van der Waals surface area contributed by atoms with Gasteiger partial charge < -0.3 is 9.30 Å². The van der Waals surface area contributed by atoms with Crippen LogP contribution in [0, 0.1) is 0 Å². The Labute approximate surface area is 156 Å². The van der Waals surface area contributed by atoms with E-state index in [1.807, 2.05) is 11.6 Å². The summed E-state index contributed by atoms with van der Waals surface area (Å²) in [5.74, 6) is 2.11. The van der Waals surface area contributed by atoms with Gasteiger partial charge in [-0.15, -0.1) is 21.5 Å². The van der Waals surface area contributed by atoms with E-state index in [1.165, 1.54) is 5.69 Å². The fourth-order valence-electron chi connectivity index (χ4n) is 3.86. The number of thiazole rings is 1. The van der Waals surface area contributed by atoms with Crippen LogP contribution >= 0.6 is 11.3 Å². The molecule has 136 valence electrons. The SMILES string of the molecule is c1cc(CN2CCc3nnc(C4CCCO4)n3CC2)n(-c2nccs2)c1. The van der Waals surface area contributed by atoms with Crippen molar-refractivity contribution in [2.24, 2.45) is 0 Å². The first-order chi connectivity index (χ1) is 12.9. The average molecular weight is 370 g/mol. The molecule has 0 spiro atoms. The summed E-state index contributed by atoms with van der Waals surface area (Å²) in [6, 6.07) is 4.28. The first-order valence-electron chi connectivity index (χ1n) is 9.20. The molecule has 2 aliphatic rings. The Morgan fingerprint density at radius 3 is 3.08 bits per heavy atom. The fourth-order valence-corrected chi connectivity index (χ4v) is 4.52. The van der Waals surface area contributed by atoms with Crippen molar-refractivity contribution in [2.45, 2.75) is 38.5 Å². The number of fused-ring (bicyclic) bond motifs is 1. The van der Waals surface area contributed by atoms with Gasteiger partial charge in [0.2, 0.25) is 0 Å². The molecule has 7 nitrogen and oxygen atoms in total. The number of nitrogens with zero attached hydrogens (tertiary/aromatic N) is 6. The third-order valence-corrected chi connectivity index (χ3v) is 5.98. The number of ether oxygens (including phenoxy) is 1. The molecule has 0 bridgehead atoms. The van der Waals surface area contributed by atoms with Gasteiger partial charge in [-0.3, -0.25) is 9.47 Å². The molecule has 5 heterocycles. The summed E-state index contributed by atoms with van der Waals surface area (Å²) < 4.78 is 10.3. The summed E-state index contributed by atoms with van der Waals surface area (Å²) in [6.07, 6.45) is 7.18. The molecule has 0 saturated carbocycles. The highest BCUT2D eigenvalue weighted by atomic mass is 32.1. The van der Waals surface area contributed by atoms with Gasteiger partial charge in [0, 0.05) is 62.7 Å². The molecule has 0 amide bonds. The Hall–Kier alpha value is -2.03. The van der Waals surface area contributed by atoms with Gasteiger partial charge in [0.25, 0.3) is 0 Å². The van der Waals surface area contributed by atoms with E-state index in [-0.39, 0.29) is 6.10 Å². The van der Waals surface area contributed by atoms with Crippen LogP contribution < -0.4 is 0 Å². The number of hydrogen-bond acceptors (Lipinski definition) is 6. The second-order valence-electron chi connectivity index (χ2n) is 6.84. The summed E-state index contributed by atoms with van der Waals surface area (Å²) in [7, 11) is 0. The first-order valence-corrected chi connectivity index (χ1v) is 10.1.